The van der Waals surface area contributed by atoms with Crippen LogP contribution in [0.2, 0.25) is 0 Å². The fourth-order valence-electron chi connectivity index (χ4n) is 2.79. The lowest BCUT2D eigenvalue weighted by Crippen LogP contribution is -2.24. The average molecular weight is 473 g/mol. The lowest BCUT2D eigenvalue weighted by atomic mass is 10.2. The van der Waals surface area contributed by atoms with Gasteiger partial charge in [0.1, 0.15) is 17.4 Å². The third-order valence-corrected chi connectivity index (χ3v) is 5.64. The van der Waals surface area contributed by atoms with Crippen LogP contribution in [-0.4, -0.2) is 40.1 Å². The van der Waals surface area contributed by atoms with Crippen molar-refractivity contribution in [2.45, 2.75) is 11.6 Å². The zero-order valence-electron chi connectivity index (χ0n) is 17.4. The molecule has 0 atom stereocenters. The summed E-state index contributed by atoms with van der Waals surface area (Å²) in [6.07, 6.45) is 3.64. The van der Waals surface area contributed by atoms with Crippen LogP contribution in [0.15, 0.2) is 71.4 Å². The smallest absolute Gasteiger partial charge is 0.244 e. The summed E-state index contributed by atoms with van der Waals surface area (Å²) in [5.41, 5.74) is 1.61. The third kappa shape index (κ3) is 6.70. The SMILES string of the molecule is C=C(Cl)CSc1nnc(CCNC(=O)/C=C/c2ccc(OC)cc2)n1-c1ccc(F)cc1. The molecular formula is C23H22ClFN4O2S. The van der Waals surface area contributed by atoms with Crippen LogP contribution in [0.1, 0.15) is 11.4 Å². The highest BCUT2D eigenvalue weighted by Crippen LogP contribution is 2.24. The summed E-state index contributed by atoms with van der Waals surface area (Å²) < 4.78 is 20.3. The maximum absolute atomic E-state index is 13.4. The summed E-state index contributed by atoms with van der Waals surface area (Å²) in [4.78, 5) is 12.2. The van der Waals surface area contributed by atoms with E-state index in [2.05, 4.69) is 22.1 Å². The molecule has 0 aliphatic heterocycles. The van der Waals surface area contributed by atoms with Gasteiger partial charge in [-0.3, -0.25) is 9.36 Å². The van der Waals surface area contributed by atoms with Crippen molar-refractivity contribution in [3.8, 4) is 11.4 Å². The maximum Gasteiger partial charge on any atom is 0.244 e. The first-order valence-electron chi connectivity index (χ1n) is 9.72. The van der Waals surface area contributed by atoms with Gasteiger partial charge >= 0.3 is 0 Å². The van der Waals surface area contributed by atoms with E-state index in [9.17, 15) is 9.18 Å². The Morgan fingerprint density at radius 1 is 1.22 bits per heavy atom. The average Bonchev–Trinajstić information content (AvgIpc) is 3.20. The molecule has 0 spiro atoms. The van der Waals surface area contributed by atoms with Crippen molar-refractivity contribution >= 4 is 35.3 Å². The van der Waals surface area contributed by atoms with E-state index in [4.69, 9.17) is 16.3 Å². The van der Waals surface area contributed by atoms with Crippen LogP contribution in [0, 0.1) is 5.82 Å². The predicted molar refractivity (Wildman–Crippen MR) is 126 cm³/mol. The number of thioether (sulfide) groups is 1. The van der Waals surface area contributed by atoms with Crippen molar-refractivity contribution in [3.63, 3.8) is 0 Å². The van der Waals surface area contributed by atoms with Gasteiger partial charge in [0.05, 0.1) is 7.11 Å². The minimum absolute atomic E-state index is 0.221. The molecule has 1 N–H and O–H groups in total. The van der Waals surface area contributed by atoms with Gasteiger partial charge in [0.25, 0.3) is 0 Å². The molecule has 0 aliphatic rings. The summed E-state index contributed by atoms with van der Waals surface area (Å²) in [6.45, 7) is 4.04. The highest BCUT2D eigenvalue weighted by molar-refractivity contribution is 7.99. The van der Waals surface area contributed by atoms with Gasteiger partial charge in [0, 0.05) is 35.5 Å². The topological polar surface area (TPSA) is 69.0 Å². The second kappa shape index (κ2) is 11.5. The van der Waals surface area contributed by atoms with E-state index in [1.807, 2.05) is 28.8 Å². The van der Waals surface area contributed by atoms with Crippen LogP contribution in [0.3, 0.4) is 0 Å². The zero-order valence-corrected chi connectivity index (χ0v) is 19.0. The molecule has 166 valence electrons. The Morgan fingerprint density at radius 3 is 2.59 bits per heavy atom. The lowest BCUT2D eigenvalue weighted by molar-refractivity contribution is -0.116. The summed E-state index contributed by atoms with van der Waals surface area (Å²) in [6, 6.07) is 13.4. The van der Waals surface area contributed by atoms with Crippen molar-refractivity contribution < 1.29 is 13.9 Å². The molecule has 6 nitrogen and oxygen atoms in total. The number of aromatic nitrogens is 3. The molecule has 0 saturated carbocycles. The molecule has 0 unspecified atom stereocenters. The van der Waals surface area contributed by atoms with Gasteiger partial charge in [-0.2, -0.15) is 0 Å². The van der Waals surface area contributed by atoms with Gasteiger partial charge in [0.2, 0.25) is 5.91 Å². The number of amides is 1. The molecule has 0 aliphatic carbocycles. The second-order valence-electron chi connectivity index (χ2n) is 6.66. The number of carbonyl (C=O) groups excluding carboxylic acids is 1. The Kier molecular flexibility index (Phi) is 8.47. The molecule has 9 heteroatoms. The molecule has 3 rings (SSSR count). The fourth-order valence-corrected chi connectivity index (χ4v) is 3.68. The quantitative estimate of drug-likeness (QED) is 0.344. The number of halogens is 2. The number of nitrogens with zero attached hydrogens (tertiary/aromatic N) is 3. The summed E-state index contributed by atoms with van der Waals surface area (Å²) in [7, 11) is 1.60. The number of methoxy groups -OCH3 is 1. The fraction of sp³-hybridized carbons (Fsp3) is 0.174. The summed E-state index contributed by atoms with van der Waals surface area (Å²) in [5, 5.41) is 12.4. The monoisotopic (exact) mass is 472 g/mol. The lowest BCUT2D eigenvalue weighted by Gasteiger charge is -2.10. The number of carbonyl (C=O) groups is 1. The van der Waals surface area contributed by atoms with E-state index in [-0.39, 0.29) is 11.7 Å². The van der Waals surface area contributed by atoms with Crippen molar-refractivity contribution in [2.24, 2.45) is 0 Å². The largest absolute Gasteiger partial charge is 0.497 e. The van der Waals surface area contributed by atoms with Crippen LogP contribution >= 0.6 is 23.4 Å². The normalized spacial score (nSPS) is 11.0. The Morgan fingerprint density at radius 2 is 1.94 bits per heavy atom. The molecular weight excluding hydrogens is 451 g/mol. The molecule has 1 heterocycles. The molecule has 32 heavy (non-hydrogen) atoms. The van der Waals surface area contributed by atoms with Gasteiger partial charge in [-0.15, -0.1) is 10.2 Å². The predicted octanol–water partition coefficient (Wildman–Crippen LogP) is 4.63. The minimum Gasteiger partial charge on any atom is -0.497 e. The van der Waals surface area contributed by atoms with Crippen LogP contribution < -0.4 is 10.1 Å². The van der Waals surface area contributed by atoms with Crippen molar-refractivity contribution in [1.29, 1.82) is 0 Å². The van der Waals surface area contributed by atoms with Gasteiger partial charge in [0.15, 0.2) is 5.16 Å². The van der Waals surface area contributed by atoms with Crippen molar-refractivity contribution in [2.75, 3.05) is 19.4 Å². The van der Waals surface area contributed by atoms with Crippen LogP contribution in [0.5, 0.6) is 5.75 Å². The van der Waals surface area contributed by atoms with E-state index >= 15 is 0 Å². The number of hydrogen-bond acceptors (Lipinski definition) is 5. The van der Waals surface area contributed by atoms with Crippen LogP contribution in [0.25, 0.3) is 11.8 Å². The Balaban J connectivity index is 1.64. The molecule has 1 aromatic heterocycles. The third-order valence-electron chi connectivity index (χ3n) is 4.33. The van der Waals surface area contributed by atoms with E-state index in [1.54, 1.807) is 25.3 Å². The minimum atomic E-state index is -0.331. The molecule has 0 radical (unpaired) electrons. The van der Waals surface area contributed by atoms with E-state index in [0.717, 1.165) is 17.0 Å². The first kappa shape index (κ1) is 23.6. The highest BCUT2D eigenvalue weighted by Gasteiger charge is 2.15. The molecule has 1 amide bonds. The van der Waals surface area contributed by atoms with Gasteiger partial charge in [-0.1, -0.05) is 42.1 Å². The van der Waals surface area contributed by atoms with E-state index < -0.39 is 0 Å². The van der Waals surface area contributed by atoms with Gasteiger partial charge in [-0.25, -0.2) is 4.39 Å². The number of benzene rings is 2. The van der Waals surface area contributed by atoms with E-state index in [0.29, 0.717) is 34.7 Å². The Labute approximate surface area is 195 Å². The first-order chi connectivity index (χ1) is 15.5. The van der Waals surface area contributed by atoms with Gasteiger partial charge < -0.3 is 10.1 Å². The van der Waals surface area contributed by atoms with Crippen molar-refractivity contribution in [3.05, 3.63) is 83.4 Å². The standard InChI is InChI=1S/C23H22ClFN4O2S/c1-16(24)15-32-23-28-27-21(29(23)19-8-6-18(25)7-9-19)13-14-26-22(30)12-5-17-3-10-20(31-2)11-4-17/h3-12H,1,13-15H2,2H3,(H,26,30)/b12-5+. The zero-order chi connectivity index (χ0) is 22.9. The first-order valence-corrected chi connectivity index (χ1v) is 11.1. The molecule has 0 bridgehead atoms. The van der Waals surface area contributed by atoms with E-state index in [1.165, 1.54) is 30.0 Å². The summed E-state index contributed by atoms with van der Waals surface area (Å²) in [5.74, 6) is 1.31. The maximum atomic E-state index is 13.4. The number of rotatable bonds is 10. The Bertz CT molecular complexity index is 1100. The van der Waals surface area contributed by atoms with Crippen LogP contribution in [-0.2, 0) is 11.2 Å². The van der Waals surface area contributed by atoms with Crippen molar-refractivity contribution in [1.82, 2.24) is 20.1 Å². The highest BCUT2D eigenvalue weighted by atomic mass is 35.5. The molecule has 0 fully saturated rings. The number of hydrogen-bond donors (Lipinski definition) is 1. The molecule has 3 aromatic rings. The summed E-state index contributed by atoms with van der Waals surface area (Å²) >= 11 is 7.26. The van der Waals surface area contributed by atoms with Gasteiger partial charge in [-0.05, 0) is 48.0 Å². The molecule has 0 saturated heterocycles. The number of ether oxygens (including phenoxy) is 1. The molecule has 2 aromatic carbocycles. The Hall–Kier alpha value is -3.10. The van der Waals surface area contributed by atoms with Crippen LogP contribution in [0.4, 0.5) is 4.39 Å². The number of nitrogens with one attached hydrogen (secondary N) is 1. The second-order valence-corrected chi connectivity index (χ2v) is 8.14.